The Morgan fingerprint density at radius 2 is 1.81 bits per heavy atom. The Morgan fingerprint density at radius 1 is 1.08 bits per heavy atom. The molecule has 0 unspecified atom stereocenters. The number of hydrogen-bond acceptors (Lipinski definition) is 4. The molecular weight excluding hydrogens is 342 g/mol. The molecule has 0 saturated heterocycles. The summed E-state index contributed by atoms with van der Waals surface area (Å²) in [6.45, 7) is 5.35. The number of para-hydroxylation sites is 1. The number of aromatic nitrogens is 2. The van der Waals surface area contributed by atoms with Gasteiger partial charge in [0.05, 0.1) is 10.8 Å². The van der Waals surface area contributed by atoms with Gasteiger partial charge in [-0.2, -0.15) is 0 Å². The van der Waals surface area contributed by atoms with E-state index in [2.05, 4.69) is 28.2 Å². The Kier molecular flexibility index (Phi) is 4.64. The quantitative estimate of drug-likeness (QED) is 0.521. The summed E-state index contributed by atoms with van der Waals surface area (Å²) in [5.41, 5.74) is 3.54. The molecular formula is C21H21N3OS. The highest BCUT2D eigenvalue weighted by molar-refractivity contribution is 8.00. The SMILES string of the molecule is Cc1nc(S[C@@H](C)C(=O)N2CCc3ccccc3C2)c2ccccc2n1. The Morgan fingerprint density at radius 3 is 2.65 bits per heavy atom. The number of benzene rings is 2. The van der Waals surface area contributed by atoms with Gasteiger partial charge in [0.15, 0.2) is 0 Å². The van der Waals surface area contributed by atoms with Gasteiger partial charge in [0.25, 0.3) is 0 Å². The molecule has 26 heavy (non-hydrogen) atoms. The van der Waals surface area contributed by atoms with Crippen LogP contribution >= 0.6 is 11.8 Å². The fourth-order valence-corrected chi connectivity index (χ4v) is 4.48. The fraction of sp³-hybridized carbons (Fsp3) is 0.286. The predicted octanol–water partition coefficient (Wildman–Crippen LogP) is 4.00. The first-order chi connectivity index (χ1) is 12.6. The van der Waals surface area contributed by atoms with Crippen LogP contribution in [-0.4, -0.2) is 32.6 Å². The standard InChI is InChI=1S/C21H21N3OS/c1-14(21(25)24-12-11-16-7-3-4-8-17(16)13-24)26-20-18-9-5-6-10-19(18)22-15(2)23-20/h3-10,14H,11-13H2,1-2H3/t14-/m0/s1. The fourth-order valence-electron chi connectivity index (χ4n) is 3.41. The zero-order chi connectivity index (χ0) is 18.1. The number of thioether (sulfide) groups is 1. The predicted molar refractivity (Wildman–Crippen MR) is 105 cm³/mol. The topological polar surface area (TPSA) is 46.1 Å². The number of rotatable bonds is 3. The lowest BCUT2D eigenvalue weighted by Gasteiger charge is -2.30. The van der Waals surface area contributed by atoms with Gasteiger partial charge in [0, 0.05) is 18.5 Å². The highest BCUT2D eigenvalue weighted by atomic mass is 32.2. The number of carbonyl (C=O) groups excluding carboxylic acids is 1. The van der Waals surface area contributed by atoms with Crippen molar-refractivity contribution in [2.24, 2.45) is 0 Å². The van der Waals surface area contributed by atoms with E-state index in [1.807, 2.05) is 49.1 Å². The van der Waals surface area contributed by atoms with E-state index >= 15 is 0 Å². The molecule has 1 amide bonds. The van der Waals surface area contributed by atoms with Crippen molar-refractivity contribution >= 4 is 28.6 Å². The zero-order valence-corrected chi connectivity index (χ0v) is 15.8. The second-order valence-electron chi connectivity index (χ2n) is 6.63. The van der Waals surface area contributed by atoms with Crippen LogP contribution in [0.3, 0.4) is 0 Å². The highest BCUT2D eigenvalue weighted by Crippen LogP contribution is 2.30. The van der Waals surface area contributed by atoms with E-state index in [1.165, 1.54) is 22.9 Å². The Balaban J connectivity index is 1.54. The second-order valence-corrected chi connectivity index (χ2v) is 7.96. The highest BCUT2D eigenvalue weighted by Gasteiger charge is 2.26. The van der Waals surface area contributed by atoms with E-state index in [1.54, 1.807) is 0 Å². The van der Waals surface area contributed by atoms with Crippen molar-refractivity contribution in [2.75, 3.05) is 6.54 Å². The van der Waals surface area contributed by atoms with Gasteiger partial charge in [0.1, 0.15) is 10.9 Å². The number of nitrogens with zero attached hydrogens (tertiary/aromatic N) is 3. The van der Waals surface area contributed by atoms with Crippen LogP contribution in [0.4, 0.5) is 0 Å². The van der Waals surface area contributed by atoms with Crippen LogP contribution in [0, 0.1) is 6.92 Å². The molecule has 0 N–H and O–H groups in total. The van der Waals surface area contributed by atoms with E-state index in [0.717, 1.165) is 34.7 Å². The van der Waals surface area contributed by atoms with Crippen LogP contribution in [0.5, 0.6) is 0 Å². The molecule has 4 nitrogen and oxygen atoms in total. The average molecular weight is 363 g/mol. The first-order valence-electron chi connectivity index (χ1n) is 8.87. The van der Waals surface area contributed by atoms with Crippen molar-refractivity contribution in [3.63, 3.8) is 0 Å². The lowest BCUT2D eigenvalue weighted by atomic mass is 10.00. The van der Waals surface area contributed by atoms with Crippen molar-refractivity contribution < 1.29 is 4.79 Å². The summed E-state index contributed by atoms with van der Waals surface area (Å²) >= 11 is 1.53. The minimum Gasteiger partial charge on any atom is -0.337 e. The van der Waals surface area contributed by atoms with Gasteiger partial charge < -0.3 is 4.90 Å². The molecule has 3 aromatic rings. The lowest BCUT2D eigenvalue weighted by molar-refractivity contribution is -0.131. The summed E-state index contributed by atoms with van der Waals surface area (Å²) in [7, 11) is 0. The molecule has 2 aromatic carbocycles. The van der Waals surface area contributed by atoms with Crippen molar-refractivity contribution in [3.05, 3.63) is 65.5 Å². The second kappa shape index (κ2) is 7.08. The molecule has 1 aromatic heterocycles. The minimum atomic E-state index is -0.182. The molecule has 2 heterocycles. The molecule has 0 spiro atoms. The van der Waals surface area contributed by atoms with Gasteiger partial charge in [-0.25, -0.2) is 9.97 Å². The molecule has 0 saturated carbocycles. The number of aryl methyl sites for hydroxylation is 1. The van der Waals surface area contributed by atoms with Crippen LogP contribution in [0.15, 0.2) is 53.6 Å². The Labute approximate surface area is 157 Å². The van der Waals surface area contributed by atoms with E-state index in [9.17, 15) is 4.79 Å². The molecule has 4 rings (SSSR count). The molecule has 0 aliphatic carbocycles. The van der Waals surface area contributed by atoms with Gasteiger partial charge in [0.2, 0.25) is 5.91 Å². The summed E-state index contributed by atoms with van der Waals surface area (Å²) in [5.74, 6) is 0.905. The first-order valence-corrected chi connectivity index (χ1v) is 9.75. The summed E-state index contributed by atoms with van der Waals surface area (Å²) in [6.07, 6.45) is 0.925. The largest absolute Gasteiger partial charge is 0.337 e. The number of fused-ring (bicyclic) bond motifs is 2. The maximum Gasteiger partial charge on any atom is 0.236 e. The van der Waals surface area contributed by atoms with E-state index in [4.69, 9.17) is 0 Å². The summed E-state index contributed by atoms with van der Waals surface area (Å²) in [4.78, 5) is 24.0. The molecule has 5 heteroatoms. The summed E-state index contributed by atoms with van der Waals surface area (Å²) in [6, 6.07) is 16.4. The van der Waals surface area contributed by atoms with Gasteiger partial charge in [-0.1, -0.05) is 54.2 Å². The van der Waals surface area contributed by atoms with Gasteiger partial charge in [-0.3, -0.25) is 4.79 Å². The van der Waals surface area contributed by atoms with Crippen molar-refractivity contribution in [1.29, 1.82) is 0 Å². The normalized spacial score (nSPS) is 14.9. The number of carbonyl (C=O) groups is 1. The smallest absolute Gasteiger partial charge is 0.236 e. The third kappa shape index (κ3) is 3.31. The van der Waals surface area contributed by atoms with E-state index < -0.39 is 0 Å². The number of amides is 1. The summed E-state index contributed by atoms with van der Waals surface area (Å²) in [5, 5.41) is 1.70. The Hall–Kier alpha value is -2.40. The molecule has 0 fully saturated rings. The zero-order valence-electron chi connectivity index (χ0n) is 15.0. The first kappa shape index (κ1) is 17.0. The van der Waals surface area contributed by atoms with Crippen LogP contribution in [0.25, 0.3) is 10.9 Å². The van der Waals surface area contributed by atoms with E-state index in [-0.39, 0.29) is 11.2 Å². The van der Waals surface area contributed by atoms with Gasteiger partial charge >= 0.3 is 0 Å². The van der Waals surface area contributed by atoms with Crippen molar-refractivity contribution in [2.45, 2.75) is 37.1 Å². The van der Waals surface area contributed by atoms with E-state index in [0.29, 0.717) is 6.54 Å². The maximum atomic E-state index is 13.0. The molecule has 1 atom stereocenters. The average Bonchev–Trinajstić information content (AvgIpc) is 2.66. The minimum absolute atomic E-state index is 0.171. The molecule has 132 valence electrons. The van der Waals surface area contributed by atoms with Gasteiger partial charge in [-0.15, -0.1) is 0 Å². The maximum absolute atomic E-state index is 13.0. The van der Waals surface area contributed by atoms with Crippen molar-refractivity contribution in [1.82, 2.24) is 14.9 Å². The third-order valence-electron chi connectivity index (χ3n) is 4.76. The van der Waals surface area contributed by atoms with Crippen LogP contribution in [0.1, 0.15) is 23.9 Å². The van der Waals surface area contributed by atoms with Crippen molar-refractivity contribution in [3.8, 4) is 0 Å². The third-order valence-corrected chi connectivity index (χ3v) is 5.85. The van der Waals surface area contributed by atoms with Gasteiger partial charge in [-0.05, 0) is 37.5 Å². The summed E-state index contributed by atoms with van der Waals surface area (Å²) < 4.78 is 0. The Bertz CT molecular complexity index is 972. The van der Waals surface area contributed by atoms with Crippen LogP contribution in [-0.2, 0) is 17.8 Å². The van der Waals surface area contributed by atoms with Crippen LogP contribution < -0.4 is 0 Å². The molecule has 1 aliphatic heterocycles. The van der Waals surface area contributed by atoms with Crippen LogP contribution in [0.2, 0.25) is 0 Å². The monoisotopic (exact) mass is 363 g/mol. The molecule has 1 aliphatic rings. The lowest BCUT2D eigenvalue weighted by Crippen LogP contribution is -2.40. The molecule has 0 bridgehead atoms. The molecule has 0 radical (unpaired) electrons. The number of hydrogen-bond donors (Lipinski definition) is 0.